The van der Waals surface area contributed by atoms with Crippen molar-refractivity contribution in [1.82, 2.24) is 10.2 Å². The Kier molecular flexibility index (Phi) is 2.60. The average Bonchev–Trinajstić information content (AvgIpc) is 2.41. The summed E-state index contributed by atoms with van der Waals surface area (Å²) in [7, 11) is 2.00. The van der Waals surface area contributed by atoms with E-state index >= 15 is 0 Å². The first-order valence-electron chi connectivity index (χ1n) is 5.67. The van der Waals surface area contributed by atoms with E-state index in [4.69, 9.17) is 27.9 Å². The third-order valence-corrected chi connectivity index (χ3v) is 4.22. The van der Waals surface area contributed by atoms with Crippen LogP contribution in [0.3, 0.4) is 0 Å². The Morgan fingerprint density at radius 3 is 2.59 bits per heavy atom. The van der Waals surface area contributed by atoms with Crippen molar-refractivity contribution in [3.63, 3.8) is 0 Å². The molecule has 0 radical (unpaired) electrons. The van der Waals surface area contributed by atoms with Gasteiger partial charge in [-0.3, -0.25) is 0 Å². The molecule has 3 rings (SSSR count). The highest BCUT2D eigenvalue weighted by atomic mass is 35.5. The van der Waals surface area contributed by atoms with E-state index in [1.165, 1.54) is 19.3 Å². The van der Waals surface area contributed by atoms with Gasteiger partial charge in [-0.1, -0.05) is 29.6 Å². The molecule has 0 atom stereocenters. The van der Waals surface area contributed by atoms with Crippen molar-refractivity contribution >= 4 is 28.9 Å². The van der Waals surface area contributed by atoms with Gasteiger partial charge in [-0.2, -0.15) is 0 Å². The van der Waals surface area contributed by atoms with Crippen LogP contribution in [-0.2, 0) is 0 Å². The third-order valence-electron chi connectivity index (χ3n) is 3.71. The zero-order chi connectivity index (χ0) is 12.0. The van der Waals surface area contributed by atoms with E-state index in [2.05, 4.69) is 15.1 Å². The SMILES string of the molecule is CN1CC2(CCC2)COc2c(Cl)nnc(Cl)c21. The summed E-state index contributed by atoms with van der Waals surface area (Å²) in [4.78, 5) is 2.09. The van der Waals surface area contributed by atoms with Crippen LogP contribution < -0.4 is 9.64 Å². The van der Waals surface area contributed by atoms with Crippen LogP contribution in [0, 0.1) is 5.41 Å². The number of fused-ring (bicyclic) bond motifs is 1. The Bertz CT molecular complexity index is 462. The summed E-state index contributed by atoms with van der Waals surface area (Å²) in [6.45, 7) is 1.62. The number of ether oxygens (including phenoxy) is 1. The zero-order valence-corrected chi connectivity index (χ0v) is 11.1. The highest BCUT2D eigenvalue weighted by Gasteiger charge is 2.42. The second kappa shape index (κ2) is 3.89. The van der Waals surface area contributed by atoms with Gasteiger partial charge in [0.1, 0.15) is 5.69 Å². The lowest BCUT2D eigenvalue weighted by Gasteiger charge is -2.42. The summed E-state index contributed by atoms with van der Waals surface area (Å²) in [5.41, 5.74) is 1.01. The summed E-state index contributed by atoms with van der Waals surface area (Å²) < 4.78 is 5.83. The minimum atomic E-state index is 0.250. The molecule has 2 aliphatic rings. The van der Waals surface area contributed by atoms with E-state index in [9.17, 15) is 0 Å². The molecule has 2 heterocycles. The zero-order valence-electron chi connectivity index (χ0n) is 9.54. The highest BCUT2D eigenvalue weighted by Crippen LogP contribution is 2.48. The van der Waals surface area contributed by atoms with E-state index in [1.54, 1.807) is 0 Å². The number of nitrogens with zero attached hydrogens (tertiary/aromatic N) is 3. The van der Waals surface area contributed by atoms with Gasteiger partial charge >= 0.3 is 0 Å². The van der Waals surface area contributed by atoms with E-state index in [-0.39, 0.29) is 10.6 Å². The normalized spacial score (nSPS) is 21.5. The van der Waals surface area contributed by atoms with Gasteiger partial charge in [-0.15, -0.1) is 10.2 Å². The van der Waals surface area contributed by atoms with Crippen molar-refractivity contribution in [2.75, 3.05) is 25.1 Å². The molecule has 0 aromatic carbocycles. The molecule has 0 bridgehead atoms. The summed E-state index contributed by atoms with van der Waals surface area (Å²) in [6.07, 6.45) is 3.66. The Morgan fingerprint density at radius 1 is 1.24 bits per heavy atom. The predicted octanol–water partition coefficient (Wildman–Crippen LogP) is 2.78. The maximum absolute atomic E-state index is 6.08. The molecule has 1 aromatic rings. The van der Waals surface area contributed by atoms with Gasteiger partial charge < -0.3 is 9.64 Å². The summed E-state index contributed by atoms with van der Waals surface area (Å²) >= 11 is 12.1. The van der Waals surface area contributed by atoms with Crippen molar-refractivity contribution in [2.24, 2.45) is 5.41 Å². The number of halogens is 2. The Hall–Kier alpha value is -0.740. The molecule has 0 saturated heterocycles. The van der Waals surface area contributed by atoms with Gasteiger partial charge in [-0.25, -0.2) is 0 Å². The van der Waals surface area contributed by atoms with Gasteiger partial charge in [0.2, 0.25) is 0 Å². The van der Waals surface area contributed by atoms with Gasteiger partial charge in [0.15, 0.2) is 16.1 Å². The summed E-state index contributed by atoms with van der Waals surface area (Å²) in [5.74, 6) is 0.568. The molecule has 1 spiro atoms. The standard InChI is InChI=1S/C11H13Cl2N3O/c1-16-5-11(3-2-4-11)6-17-8-7(16)9(12)14-15-10(8)13/h2-6H2,1H3. The van der Waals surface area contributed by atoms with E-state index in [0.717, 1.165) is 12.2 Å². The lowest BCUT2D eigenvalue weighted by molar-refractivity contribution is 0.0723. The maximum Gasteiger partial charge on any atom is 0.195 e. The lowest BCUT2D eigenvalue weighted by atomic mass is 9.69. The van der Waals surface area contributed by atoms with Crippen LogP contribution in [0.15, 0.2) is 0 Å². The van der Waals surface area contributed by atoms with Crippen LogP contribution in [0.1, 0.15) is 19.3 Å². The largest absolute Gasteiger partial charge is 0.487 e. The number of anilines is 1. The fourth-order valence-electron chi connectivity index (χ4n) is 2.66. The molecule has 17 heavy (non-hydrogen) atoms. The Balaban J connectivity index is 2.04. The quantitative estimate of drug-likeness (QED) is 0.729. The molecule has 0 amide bonds. The van der Waals surface area contributed by atoms with Crippen molar-refractivity contribution in [2.45, 2.75) is 19.3 Å². The molecule has 0 unspecified atom stereocenters. The van der Waals surface area contributed by atoms with Gasteiger partial charge in [0, 0.05) is 19.0 Å². The molecule has 1 aliphatic carbocycles. The molecule has 1 fully saturated rings. The minimum absolute atomic E-state index is 0.250. The first-order chi connectivity index (χ1) is 8.11. The molecule has 0 N–H and O–H groups in total. The van der Waals surface area contributed by atoms with E-state index in [0.29, 0.717) is 17.5 Å². The molecule has 1 aliphatic heterocycles. The van der Waals surface area contributed by atoms with Gasteiger partial charge in [0.25, 0.3) is 0 Å². The smallest absolute Gasteiger partial charge is 0.195 e. The molecule has 1 aromatic heterocycles. The van der Waals surface area contributed by atoms with Crippen LogP contribution in [0.25, 0.3) is 0 Å². The van der Waals surface area contributed by atoms with Crippen LogP contribution in [0.2, 0.25) is 10.3 Å². The fraction of sp³-hybridized carbons (Fsp3) is 0.636. The predicted molar refractivity (Wildman–Crippen MR) is 67.1 cm³/mol. The van der Waals surface area contributed by atoms with E-state index < -0.39 is 0 Å². The minimum Gasteiger partial charge on any atom is -0.487 e. The second-order valence-corrected chi connectivity index (χ2v) is 5.67. The second-order valence-electron chi connectivity index (χ2n) is 4.96. The van der Waals surface area contributed by atoms with Crippen molar-refractivity contribution in [3.05, 3.63) is 10.3 Å². The Morgan fingerprint density at radius 2 is 1.94 bits per heavy atom. The topological polar surface area (TPSA) is 38.2 Å². The molecular formula is C11H13Cl2N3O. The first-order valence-corrected chi connectivity index (χ1v) is 6.43. The highest BCUT2D eigenvalue weighted by molar-refractivity contribution is 6.34. The van der Waals surface area contributed by atoms with Crippen LogP contribution in [0.5, 0.6) is 5.75 Å². The fourth-order valence-corrected chi connectivity index (χ4v) is 3.11. The van der Waals surface area contributed by atoms with Crippen LogP contribution in [0.4, 0.5) is 5.69 Å². The molecule has 92 valence electrons. The van der Waals surface area contributed by atoms with Crippen LogP contribution in [-0.4, -0.2) is 30.4 Å². The number of hydrogen-bond acceptors (Lipinski definition) is 4. The lowest BCUT2D eigenvalue weighted by Crippen LogP contribution is -2.43. The number of aromatic nitrogens is 2. The summed E-state index contributed by atoms with van der Waals surface area (Å²) in [5, 5.41) is 8.26. The number of rotatable bonds is 0. The molecule has 4 nitrogen and oxygen atoms in total. The van der Waals surface area contributed by atoms with Crippen molar-refractivity contribution < 1.29 is 4.74 Å². The van der Waals surface area contributed by atoms with Crippen molar-refractivity contribution in [1.29, 1.82) is 0 Å². The summed E-state index contributed by atoms with van der Waals surface area (Å²) in [6, 6.07) is 0. The molecule has 1 saturated carbocycles. The average molecular weight is 274 g/mol. The van der Waals surface area contributed by atoms with Gasteiger partial charge in [0.05, 0.1) is 6.61 Å². The maximum atomic E-state index is 6.08. The monoisotopic (exact) mass is 273 g/mol. The molecular weight excluding hydrogens is 261 g/mol. The third kappa shape index (κ3) is 1.74. The Labute approximate surface area is 110 Å². The first kappa shape index (κ1) is 11.4. The number of hydrogen-bond donors (Lipinski definition) is 0. The van der Waals surface area contributed by atoms with Crippen LogP contribution >= 0.6 is 23.2 Å². The molecule has 6 heteroatoms. The van der Waals surface area contributed by atoms with Crippen molar-refractivity contribution in [3.8, 4) is 5.75 Å². The van der Waals surface area contributed by atoms with Gasteiger partial charge in [-0.05, 0) is 12.8 Å². The van der Waals surface area contributed by atoms with E-state index in [1.807, 2.05) is 7.05 Å².